The fraction of sp³-hybridized carbons (Fsp3) is 0.414. The molecule has 0 unspecified atom stereocenters. The van der Waals surface area contributed by atoms with Gasteiger partial charge in [0.25, 0.3) is 0 Å². The maximum Gasteiger partial charge on any atom is 0.242 e. The third kappa shape index (κ3) is 7.32. The second-order valence-corrected chi connectivity index (χ2v) is 9.97. The van der Waals surface area contributed by atoms with Crippen LogP contribution in [-0.2, 0) is 22.7 Å². The van der Waals surface area contributed by atoms with E-state index in [0.717, 1.165) is 36.7 Å². The molecule has 212 valence electrons. The second-order valence-electron chi connectivity index (χ2n) is 9.97. The number of furan rings is 1. The molecule has 2 aromatic heterocycles. The number of carbonyl (C=O) groups is 2. The molecule has 1 aliphatic heterocycles. The van der Waals surface area contributed by atoms with E-state index in [-0.39, 0.29) is 36.6 Å². The number of carbonyl (C=O) groups excluding carboxylic acids is 2. The van der Waals surface area contributed by atoms with Gasteiger partial charge in [0.15, 0.2) is 0 Å². The lowest BCUT2D eigenvalue weighted by molar-refractivity contribution is -0.137. The Kier molecular flexibility index (Phi) is 11.4. The smallest absolute Gasteiger partial charge is 0.242 e. The van der Waals surface area contributed by atoms with Crippen LogP contribution in [0.4, 0.5) is 11.4 Å². The van der Waals surface area contributed by atoms with Crippen molar-refractivity contribution >= 4 is 48.0 Å². The van der Waals surface area contributed by atoms with Gasteiger partial charge in [-0.2, -0.15) is 0 Å². The minimum absolute atomic E-state index is 0. The van der Waals surface area contributed by atoms with Crippen LogP contribution >= 0.6 is 24.8 Å². The first-order valence-electron chi connectivity index (χ1n) is 12.7. The zero-order valence-corrected chi connectivity index (χ0v) is 24.8. The number of amides is 2. The summed E-state index contributed by atoms with van der Waals surface area (Å²) in [6.45, 7) is 10.5. The van der Waals surface area contributed by atoms with Crippen molar-refractivity contribution in [3.05, 3.63) is 71.9 Å². The largest absolute Gasteiger partial charge is 0.493 e. The predicted molar refractivity (Wildman–Crippen MR) is 158 cm³/mol. The molecule has 2 amide bonds. The third-order valence-corrected chi connectivity index (χ3v) is 6.75. The Bertz CT molecular complexity index is 1250. The molecule has 0 radical (unpaired) electrons. The van der Waals surface area contributed by atoms with Crippen LogP contribution in [0, 0.1) is 12.3 Å². The number of aryl methyl sites for hydroxylation is 1. The van der Waals surface area contributed by atoms with Gasteiger partial charge in [-0.15, -0.1) is 24.8 Å². The van der Waals surface area contributed by atoms with Crippen molar-refractivity contribution in [2.24, 2.45) is 5.41 Å². The SMILES string of the molecule is CCN1C(=O)C(C)(C)C(=O)N(C)c2cc(OCCCN(Cc3ccncc3)Cc3ccc(C)o3)ccc21.Cl.Cl. The van der Waals surface area contributed by atoms with Crippen molar-refractivity contribution in [3.8, 4) is 5.75 Å². The molecule has 1 aromatic carbocycles. The Balaban J connectivity index is 0.00000267. The van der Waals surface area contributed by atoms with Gasteiger partial charge in [0.1, 0.15) is 22.7 Å². The van der Waals surface area contributed by atoms with Gasteiger partial charge in [-0.1, -0.05) is 0 Å². The van der Waals surface area contributed by atoms with Crippen LogP contribution < -0.4 is 14.5 Å². The molecule has 0 saturated heterocycles. The number of rotatable bonds is 10. The van der Waals surface area contributed by atoms with Crippen LogP contribution in [0.3, 0.4) is 0 Å². The minimum Gasteiger partial charge on any atom is -0.493 e. The van der Waals surface area contributed by atoms with Gasteiger partial charge in [-0.3, -0.25) is 19.5 Å². The highest BCUT2D eigenvalue weighted by molar-refractivity contribution is 6.20. The second kappa shape index (κ2) is 13.8. The first kappa shape index (κ1) is 32.1. The lowest BCUT2D eigenvalue weighted by atomic mass is 9.90. The zero-order valence-electron chi connectivity index (χ0n) is 23.2. The minimum atomic E-state index is -1.13. The summed E-state index contributed by atoms with van der Waals surface area (Å²) >= 11 is 0. The highest BCUT2D eigenvalue weighted by Crippen LogP contribution is 2.40. The quantitative estimate of drug-likeness (QED) is 0.229. The van der Waals surface area contributed by atoms with Crippen LogP contribution in [0.5, 0.6) is 5.75 Å². The first-order chi connectivity index (χ1) is 17.7. The van der Waals surface area contributed by atoms with E-state index in [1.54, 1.807) is 30.7 Å². The van der Waals surface area contributed by atoms with Gasteiger partial charge in [0.05, 0.1) is 24.5 Å². The molecule has 0 aliphatic carbocycles. The highest BCUT2D eigenvalue weighted by Gasteiger charge is 2.45. The van der Waals surface area contributed by atoms with Crippen LogP contribution in [0.2, 0.25) is 0 Å². The Hall–Kier alpha value is -3.07. The normalized spacial score (nSPS) is 14.4. The summed E-state index contributed by atoms with van der Waals surface area (Å²) in [5.74, 6) is 2.08. The van der Waals surface area contributed by atoms with E-state index >= 15 is 0 Å². The maximum absolute atomic E-state index is 13.1. The molecular weight excluding hydrogens is 539 g/mol. The van der Waals surface area contributed by atoms with E-state index in [1.165, 1.54) is 5.56 Å². The average molecular weight is 578 g/mol. The summed E-state index contributed by atoms with van der Waals surface area (Å²) < 4.78 is 11.9. The first-order valence-corrected chi connectivity index (χ1v) is 12.7. The van der Waals surface area contributed by atoms with Crippen LogP contribution in [-0.4, -0.2) is 48.4 Å². The lowest BCUT2D eigenvalue weighted by Crippen LogP contribution is -2.47. The van der Waals surface area contributed by atoms with Crippen molar-refractivity contribution < 1.29 is 18.7 Å². The van der Waals surface area contributed by atoms with Crippen molar-refractivity contribution in [3.63, 3.8) is 0 Å². The molecule has 3 aromatic rings. The molecule has 4 rings (SSSR count). The lowest BCUT2D eigenvalue weighted by Gasteiger charge is -2.27. The monoisotopic (exact) mass is 576 g/mol. The number of hydrogen-bond donors (Lipinski definition) is 0. The third-order valence-electron chi connectivity index (χ3n) is 6.75. The summed E-state index contributed by atoms with van der Waals surface area (Å²) in [6, 6.07) is 13.6. The number of benzene rings is 1. The number of halogens is 2. The fourth-order valence-corrected chi connectivity index (χ4v) is 4.70. The van der Waals surface area contributed by atoms with E-state index < -0.39 is 5.41 Å². The topological polar surface area (TPSA) is 79.1 Å². The Morgan fingerprint density at radius 1 is 0.974 bits per heavy atom. The van der Waals surface area contributed by atoms with Crippen molar-refractivity contribution in [1.82, 2.24) is 9.88 Å². The van der Waals surface area contributed by atoms with E-state index in [4.69, 9.17) is 9.15 Å². The van der Waals surface area contributed by atoms with E-state index in [1.807, 2.05) is 68.7 Å². The number of nitrogens with zero attached hydrogens (tertiary/aromatic N) is 4. The number of ether oxygens (including phenoxy) is 1. The number of pyridine rings is 1. The predicted octanol–water partition coefficient (Wildman–Crippen LogP) is 5.65. The summed E-state index contributed by atoms with van der Waals surface area (Å²) in [5, 5.41) is 0. The Morgan fingerprint density at radius 3 is 2.33 bits per heavy atom. The molecule has 0 saturated carbocycles. The maximum atomic E-state index is 13.1. The molecular formula is C29H38Cl2N4O4. The number of hydrogen-bond acceptors (Lipinski definition) is 6. The van der Waals surface area contributed by atoms with E-state index in [9.17, 15) is 9.59 Å². The number of fused-ring (bicyclic) bond motifs is 1. The molecule has 3 heterocycles. The fourth-order valence-electron chi connectivity index (χ4n) is 4.70. The molecule has 8 nitrogen and oxygen atoms in total. The molecule has 0 bridgehead atoms. The molecule has 0 fully saturated rings. The van der Waals surface area contributed by atoms with Crippen molar-refractivity contribution in [2.45, 2.75) is 47.2 Å². The van der Waals surface area contributed by atoms with Crippen molar-refractivity contribution in [2.75, 3.05) is 36.5 Å². The van der Waals surface area contributed by atoms with Gasteiger partial charge in [0, 0.05) is 45.1 Å². The van der Waals surface area contributed by atoms with E-state index in [0.29, 0.717) is 31.1 Å². The van der Waals surface area contributed by atoms with Gasteiger partial charge in [0.2, 0.25) is 11.8 Å². The molecule has 39 heavy (non-hydrogen) atoms. The molecule has 0 atom stereocenters. The standard InChI is InChI=1S/C29H36N4O4.2ClH/c1-6-33-25-11-10-23(18-26(25)31(5)27(34)29(3,4)28(33)35)36-17-7-16-32(19-22-12-14-30-15-13-22)20-24-9-8-21(2)37-24;;/h8-15,18H,6-7,16-17,19-20H2,1-5H3;2*1H. The number of anilines is 2. The molecule has 0 N–H and O–H groups in total. The summed E-state index contributed by atoms with van der Waals surface area (Å²) in [7, 11) is 1.71. The van der Waals surface area contributed by atoms with Gasteiger partial charge >= 0.3 is 0 Å². The Labute approximate surface area is 243 Å². The van der Waals surface area contributed by atoms with Crippen molar-refractivity contribution in [1.29, 1.82) is 0 Å². The summed E-state index contributed by atoms with van der Waals surface area (Å²) in [5.41, 5.74) is 1.46. The van der Waals surface area contributed by atoms with Crippen LogP contribution in [0.15, 0.2) is 59.3 Å². The van der Waals surface area contributed by atoms with Gasteiger partial charge in [-0.25, -0.2) is 0 Å². The summed E-state index contributed by atoms with van der Waals surface area (Å²) in [6.07, 6.45) is 4.42. The Morgan fingerprint density at radius 2 is 1.69 bits per heavy atom. The van der Waals surface area contributed by atoms with Crippen LogP contribution in [0.25, 0.3) is 0 Å². The molecule has 10 heteroatoms. The zero-order chi connectivity index (χ0) is 26.6. The van der Waals surface area contributed by atoms with E-state index in [2.05, 4.69) is 9.88 Å². The average Bonchev–Trinajstić information content (AvgIpc) is 3.29. The van der Waals surface area contributed by atoms with Crippen LogP contribution in [0.1, 0.15) is 44.3 Å². The number of aromatic nitrogens is 1. The van der Waals surface area contributed by atoms with Gasteiger partial charge in [-0.05, 0) is 76.1 Å². The highest BCUT2D eigenvalue weighted by atomic mass is 35.5. The van der Waals surface area contributed by atoms with Gasteiger partial charge < -0.3 is 19.0 Å². The molecule has 1 aliphatic rings. The summed E-state index contributed by atoms with van der Waals surface area (Å²) in [4.78, 5) is 35.8. The molecule has 0 spiro atoms.